The van der Waals surface area contributed by atoms with Gasteiger partial charge in [0.2, 0.25) is 5.91 Å². The predicted molar refractivity (Wildman–Crippen MR) is 104 cm³/mol. The summed E-state index contributed by atoms with van der Waals surface area (Å²) in [5, 5.41) is 7.80. The maximum atomic E-state index is 12.8. The second kappa shape index (κ2) is 7.59. The summed E-state index contributed by atoms with van der Waals surface area (Å²) in [5.74, 6) is 0.963. The van der Waals surface area contributed by atoms with Crippen LogP contribution in [-0.4, -0.2) is 61.8 Å². The quantitative estimate of drug-likeness (QED) is 0.664. The van der Waals surface area contributed by atoms with Crippen LogP contribution in [-0.2, 0) is 16.6 Å². The molecule has 0 aliphatic carbocycles. The minimum atomic E-state index is -0.0386. The predicted octanol–water partition coefficient (Wildman–Crippen LogP) is 1.42. The summed E-state index contributed by atoms with van der Waals surface area (Å²) < 4.78 is 8.99. The van der Waals surface area contributed by atoms with Crippen LogP contribution < -0.4 is 5.32 Å². The molecule has 1 N–H and O–H groups in total. The molecular formula is C19H25N7O2. The minimum absolute atomic E-state index is 0.0386. The number of anilines is 1. The number of ether oxygens (including phenoxy) is 1. The molecule has 3 aromatic heterocycles. The molecule has 0 radical (unpaired) electrons. The highest BCUT2D eigenvalue weighted by Gasteiger charge is 2.41. The molecule has 4 rings (SSSR count). The fourth-order valence-electron chi connectivity index (χ4n) is 3.93. The van der Waals surface area contributed by atoms with Crippen molar-refractivity contribution < 1.29 is 9.53 Å². The van der Waals surface area contributed by atoms with Gasteiger partial charge in [0.05, 0.1) is 18.8 Å². The number of methoxy groups -OCH3 is 1. The van der Waals surface area contributed by atoms with Crippen LogP contribution in [0.1, 0.15) is 23.7 Å². The summed E-state index contributed by atoms with van der Waals surface area (Å²) in [6.45, 7) is 3.74. The Morgan fingerprint density at radius 2 is 2.07 bits per heavy atom. The van der Waals surface area contributed by atoms with Gasteiger partial charge in [0.1, 0.15) is 0 Å². The Hall–Kier alpha value is -2.94. The third-order valence-corrected chi connectivity index (χ3v) is 5.51. The Morgan fingerprint density at radius 1 is 1.29 bits per heavy atom. The first-order valence-corrected chi connectivity index (χ1v) is 9.38. The molecule has 148 valence electrons. The van der Waals surface area contributed by atoms with Gasteiger partial charge in [-0.05, 0) is 6.92 Å². The lowest BCUT2D eigenvalue weighted by Crippen LogP contribution is -2.33. The van der Waals surface area contributed by atoms with Crippen molar-refractivity contribution in [2.75, 3.05) is 32.1 Å². The fraction of sp³-hybridized carbons (Fsp3) is 0.474. The van der Waals surface area contributed by atoms with E-state index in [0.717, 1.165) is 22.7 Å². The van der Waals surface area contributed by atoms with Crippen LogP contribution in [0.5, 0.6) is 0 Å². The van der Waals surface area contributed by atoms with Crippen LogP contribution in [0.3, 0.4) is 0 Å². The lowest BCUT2D eigenvalue weighted by molar-refractivity contribution is -0.129. The maximum absolute atomic E-state index is 12.8. The Morgan fingerprint density at radius 3 is 2.79 bits per heavy atom. The number of fused-ring (bicyclic) bond motifs is 1. The van der Waals surface area contributed by atoms with Crippen LogP contribution >= 0.6 is 0 Å². The average Bonchev–Trinajstić information content (AvgIpc) is 3.37. The molecule has 1 fully saturated rings. The molecule has 0 aromatic carbocycles. The van der Waals surface area contributed by atoms with E-state index in [1.165, 1.54) is 0 Å². The largest absolute Gasteiger partial charge is 0.383 e. The SMILES string of the molecule is COCCN1C(=O)C[C@H](CNc2nccn3ccnc23)[C@H]1c1cnn(C)c1C. The zero-order valence-corrected chi connectivity index (χ0v) is 16.4. The highest BCUT2D eigenvalue weighted by atomic mass is 16.5. The molecule has 2 atom stereocenters. The Bertz CT molecular complexity index is 980. The van der Waals surface area contributed by atoms with Gasteiger partial charge in [-0.25, -0.2) is 9.97 Å². The monoisotopic (exact) mass is 383 g/mol. The normalized spacial score (nSPS) is 19.7. The van der Waals surface area contributed by atoms with Gasteiger partial charge >= 0.3 is 0 Å². The highest BCUT2D eigenvalue weighted by molar-refractivity contribution is 5.80. The molecule has 9 heteroatoms. The number of hydrogen-bond donors (Lipinski definition) is 1. The summed E-state index contributed by atoms with van der Waals surface area (Å²) in [5.41, 5.74) is 2.93. The lowest BCUT2D eigenvalue weighted by Gasteiger charge is -2.28. The van der Waals surface area contributed by atoms with Crippen LogP contribution in [0.15, 0.2) is 31.0 Å². The standard InChI is InChI=1S/C19H25N7O2/c1-13-15(12-23-24(13)2)17-14(10-16(27)26(17)8-9-28-3)11-22-18-19-21-5-7-25(19)6-4-20-18/h4-7,12,14,17H,8-11H2,1-3H3,(H,20,22)/t14-,17+/m1/s1. The highest BCUT2D eigenvalue weighted by Crippen LogP contribution is 2.39. The number of aromatic nitrogens is 5. The molecule has 0 unspecified atom stereocenters. The first-order valence-electron chi connectivity index (χ1n) is 9.38. The van der Waals surface area contributed by atoms with Crippen molar-refractivity contribution in [3.05, 3.63) is 42.2 Å². The average molecular weight is 383 g/mol. The van der Waals surface area contributed by atoms with Crippen molar-refractivity contribution in [1.82, 2.24) is 29.0 Å². The van der Waals surface area contributed by atoms with Crippen LogP contribution in [0.25, 0.3) is 5.65 Å². The second-order valence-corrected chi connectivity index (χ2v) is 7.11. The van der Waals surface area contributed by atoms with Gasteiger partial charge in [0.25, 0.3) is 0 Å². The molecule has 9 nitrogen and oxygen atoms in total. The molecular weight excluding hydrogens is 358 g/mol. The fourth-order valence-corrected chi connectivity index (χ4v) is 3.93. The lowest BCUT2D eigenvalue weighted by atomic mass is 9.94. The summed E-state index contributed by atoms with van der Waals surface area (Å²) >= 11 is 0. The molecule has 4 heterocycles. The number of likely N-dealkylation sites (tertiary alicyclic amines) is 1. The van der Waals surface area contributed by atoms with E-state index in [9.17, 15) is 4.79 Å². The first kappa shape index (κ1) is 18.4. The van der Waals surface area contributed by atoms with Crippen molar-refractivity contribution in [2.45, 2.75) is 19.4 Å². The summed E-state index contributed by atoms with van der Waals surface area (Å²) in [4.78, 5) is 23.5. The van der Waals surface area contributed by atoms with Gasteiger partial charge in [-0.3, -0.25) is 9.48 Å². The number of carbonyl (C=O) groups excluding carboxylic acids is 1. The van der Waals surface area contributed by atoms with Gasteiger partial charge in [-0.2, -0.15) is 5.10 Å². The molecule has 28 heavy (non-hydrogen) atoms. The van der Waals surface area contributed by atoms with Gasteiger partial charge in [-0.15, -0.1) is 0 Å². The zero-order chi connectivity index (χ0) is 19.7. The van der Waals surface area contributed by atoms with Crippen molar-refractivity contribution in [1.29, 1.82) is 0 Å². The van der Waals surface area contributed by atoms with E-state index in [1.807, 2.05) is 46.5 Å². The molecule has 1 saturated heterocycles. The number of nitrogens with one attached hydrogen (secondary N) is 1. The van der Waals surface area contributed by atoms with E-state index in [-0.39, 0.29) is 17.9 Å². The van der Waals surface area contributed by atoms with Crippen molar-refractivity contribution >= 4 is 17.4 Å². The van der Waals surface area contributed by atoms with Crippen LogP contribution in [0.2, 0.25) is 0 Å². The molecule has 0 bridgehead atoms. The smallest absolute Gasteiger partial charge is 0.223 e. The number of nitrogens with zero attached hydrogens (tertiary/aromatic N) is 6. The third-order valence-electron chi connectivity index (χ3n) is 5.51. The van der Waals surface area contributed by atoms with Gasteiger partial charge in [0.15, 0.2) is 11.5 Å². The van der Waals surface area contributed by atoms with Gasteiger partial charge in [0, 0.05) is 75.6 Å². The van der Waals surface area contributed by atoms with E-state index in [1.54, 1.807) is 19.5 Å². The molecule has 0 saturated carbocycles. The van der Waals surface area contributed by atoms with Crippen LogP contribution in [0.4, 0.5) is 5.82 Å². The maximum Gasteiger partial charge on any atom is 0.223 e. The summed E-state index contributed by atoms with van der Waals surface area (Å²) in [6, 6.07) is -0.0386. The van der Waals surface area contributed by atoms with Crippen molar-refractivity contribution in [3.8, 4) is 0 Å². The number of rotatable bonds is 7. The van der Waals surface area contributed by atoms with E-state index < -0.39 is 0 Å². The summed E-state index contributed by atoms with van der Waals surface area (Å²) in [6.07, 6.45) is 9.59. The minimum Gasteiger partial charge on any atom is -0.383 e. The Balaban J connectivity index is 1.59. The van der Waals surface area contributed by atoms with Gasteiger partial charge < -0.3 is 19.4 Å². The number of amides is 1. The van der Waals surface area contributed by atoms with E-state index in [4.69, 9.17) is 4.74 Å². The Labute approximate surface area is 163 Å². The molecule has 1 aliphatic rings. The topological polar surface area (TPSA) is 89.6 Å². The first-order chi connectivity index (χ1) is 13.6. The summed E-state index contributed by atoms with van der Waals surface area (Å²) in [7, 11) is 3.58. The third kappa shape index (κ3) is 3.22. The molecule has 0 spiro atoms. The Kier molecular flexibility index (Phi) is 4.99. The van der Waals surface area contributed by atoms with Crippen LogP contribution in [0, 0.1) is 12.8 Å². The number of aryl methyl sites for hydroxylation is 1. The van der Waals surface area contributed by atoms with E-state index in [2.05, 4.69) is 20.4 Å². The second-order valence-electron chi connectivity index (χ2n) is 7.11. The molecule has 3 aromatic rings. The molecule has 1 amide bonds. The van der Waals surface area contributed by atoms with E-state index >= 15 is 0 Å². The van der Waals surface area contributed by atoms with Crippen molar-refractivity contribution in [2.24, 2.45) is 13.0 Å². The van der Waals surface area contributed by atoms with Crippen molar-refractivity contribution in [3.63, 3.8) is 0 Å². The zero-order valence-electron chi connectivity index (χ0n) is 16.4. The van der Waals surface area contributed by atoms with Gasteiger partial charge in [-0.1, -0.05) is 0 Å². The number of hydrogen-bond acceptors (Lipinski definition) is 6. The number of imidazole rings is 1. The molecule has 1 aliphatic heterocycles. The number of carbonyl (C=O) groups is 1. The van der Waals surface area contributed by atoms with E-state index in [0.29, 0.717) is 26.1 Å².